The summed E-state index contributed by atoms with van der Waals surface area (Å²) in [5, 5.41) is 10.6. The Morgan fingerprint density at radius 3 is 0.812 bits per heavy atom. The molecule has 596 valence electrons. The Labute approximate surface area is 618 Å². The summed E-state index contributed by atoms with van der Waals surface area (Å²) in [6, 6.07) is 0. The molecule has 0 bridgehead atoms. The second-order valence-electron chi connectivity index (χ2n) is 29.8. The minimum atomic E-state index is -4.97. The number of esters is 4. The van der Waals surface area contributed by atoms with Gasteiger partial charge in [-0.1, -0.05) is 355 Å². The number of hydrogen-bond donors (Lipinski definition) is 3. The van der Waals surface area contributed by atoms with Gasteiger partial charge in [-0.2, -0.15) is 0 Å². The second-order valence-corrected chi connectivity index (χ2v) is 32.7. The SMILES string of the molecule is CCCCCC/C=C\C=C/CCCCCCCC(=O)O[C@H](COC(=O)CCCCCCCCCC)COP(=O)(O)OC[C@H](O)COP(=O)(O)OC[C@@H](COC(=O)CCCCCCCCCCCCCCCCC(C)C)OC(=O)CCCCCCCCCCCCCCCCCCCCC(C)C. The number of phosphoric ester groups is 2. The molecule has 19 heteroatoms. The molecule has 2 unspecified atom stereocenters. The minimum Gasteiger partial charge on any atom is -0.462 e. The minimum absolute atomic E-state index is 0.0850. The third-order valence-electron chi connectivity index (χ3n) is 18.6. The fraction of sp³-hybridized carbons (Fsp3) is 0.902. The molecule has 0 rings (SSSR count). The molecule has 17 nitrogen and oxygen atoms in total. The third kappa shape index (κ3) is 75.6. The number of phosphoric acid groups is 2. The number of unbranched alkanes of at least 4 members (excludes halogenated alkanes) is 46. The van der Waals surface area contributed by atoms with Crippen LogP contribution in [0.5, 0.6) is 0 Å². The lowest BCUT2D eigenvalue weighted by Crippen LogP contribution is -2.30. The number of hydrogen-bond acceptors (Lipinski definition) is 15. The van der Waals surface area contributed by atoms with Crippen molar-refractivity contribution >= 4 is 39.5 Å². The zero-order valence-corrected chi connectivity index (χ0v) is 67.5. The summed E-state index contributed by atoms with van der Waals surface area (Å²) in [5.41, 5.74) is 0. The first-order chi connectivity index (χ1) is 48.9. The third-order valence-corrected chi connectivity index (χ3v) is 20.5. The van der Waals surface area contributed by atoms with E-state index in [1.807, 2.05) is 0 Å². The summed E-state index contributed by atoms with van der Waals surface area (Å²) in [6.45, 7) is 9.60. The molecule has 0 radical (unpaired) electrons. The van der Waals surface area contributed by atoms with Gasteiger partial charge in [0.15, 0.2) is 12.2 Å². The highest BCUT2D eigenvalue weighted by atomic mass is 31.2. The average molecular weight is 1480 g/mol. The molecule has 5 atom stereocenters. The van der Waals surface area contributed by atoms with Gasteiger partial charge in [0, 0.05) is 25.7 Å². The Morgan fingerprint density at radius 2 is 0.535 bits per heavy atom. The largest absolute Gasteiger partial charge is 0.472 e. The first kappa shape index (κ1) is 98.5. The van der Waals surface area contributed by atoms with Gasteiger partial charge in [-0.25, -0.2) is 9.13 Å². The van der Waals surface area contributed by atoms with Crippen LogP contribution in [0.25, 0.3) is 0 Å². The topological polar surface area (TPSA) is 237 Å². The van der Waals surface area contributed by atoms with Crippen molar-refractivity contribution in [2.45, 2.75) is 426 Å². The molecule has 0 aromatic heterocycles. The van der Waals surface area contributed by atoms with E-state index in [0.29, 0.717) is 25.7 Å². The summed E-state index contributed by atoms with van der Waals surface area (Å²) in [5.74, 6) is -0.524. The second kappa shape index (κ2) is 73.1. The van der Waals surface area contributed by atoms with E-state index in [0.717, 1.165) is 121 Å². The highest BCUT2D eigenvalue weighted by Crippen LogP contribution is 2.45. The molecule has 0 fully saturated rings. The van der Waals surface area contributed by atoms with Crippen molar-refractivity contribution in [1.82, 2.24) is 0 Å². The van der Waals surface area contributed by atoms with Crippen LogP contribution >= 0.6 is 15.6 Å². The lowest BCUT2D eigenvalue weighted by Gasteiger charge is -2.21. The highest BCUT2D eigenvalue weighted by molar-refractivity contribution is 7.47. The number of aliphatic hydroxyl groups is 1. The molecule has 0 amide bonds. The van der Waals surface area contributed by atoms with Gasteiger partial charge < -0.3 is 33.8 Å². The van der Waals surface area contributed by atoms with Crippen molar-refractivity contribution in [3.05, 3.63) is 24.3 Å². The zero-order valence-electron chi connectivity index (χ0n) is 65.7. The van der Waals surface area contributed by atoms with Gasteiger partial charge in [0.05, 0.1) is 26.4 Å². The number of carbonyl (C=O) groups is 4. The summed E-state index contributed by atoms with van der Waals surface area (Å²) < 4.78 is 68.6. The van der Waals surface area contributed by atoms with Gasteiger partial charge in [0.25, 0.3) is 0 Å². The molecule has 0 aromatic carbocycles. The predicted octanol–water partition coefficient (Wildman–Crippen LogP) is 24.2. The van der Waals surface area contributed by atoms with Crippen LogP contribution in [0.3, 0.4) is 0 Å². The summed E-state index contributed by atoms with van der Waals surface area (Å²) in [7, 11) is -9.93. The summed E-state index contributed by atoms with van der Waals surface area (Å²) in [6.07, 6.45) is 66.1. The first-order valence-corrected chi connectivity index (χ1v) is 44.8. The molecule has 0 aliphatic heterocycles. The van der Waals surface area contributed by atoms with Crippen molar-refractivity contribution in [2.24, 2.45) is 11.8 Å². The number of carbonyl (C=O) groups excluding carboxylic acids is 4. The molecule has 0 saturated carbocycles. The van der Waals surface area contributed by atoms with Crippen LogP contribution in [0.15, 0.2) is 24.3 Å². The van der Waals surface area contributed by atoms with Gasteiger partial charge in [-0.05, 0) is 63.2 Å². The number of ether oxygens (including phenoxy) is 4. The van der Waals surface area contributed by atoms with Crippen molar-refractivity contribution in [1.29, 1.82) is 0 Å². The predicted molar refractivity (Wildman–Crippen MR) is 414 cm³/mol. The van der Waals surface area contributed by atoms with E-state index in [9.17, 15) is 43.2 Å². The standard InChI is InChI=1S/C82H156O17P2/c1-7-9-11-13-15-17-18-19-24-32-37-42-48-54-60-66-81(86)98-77(70-92-79(84)64-58-52-46-16-14-12-10-8-2)72-96-100(88,89)94-68-76(83)69-95-101(90,91)97-73-78(71-93-80(85)65-59-53-47-41-36-31-28-27-30-35-40-45-51-57-63-75(5)6)99-82(87)67-61-55-49-43-38-33-26-23-21-20-22-25-29-34-39-44-50-56-62-74(3)4/h17-19,24,74-78,83H,7-16,20-23,25-73H2,1-6H3,(H,88,89)(H,90,91)/b18-17-,24-19-/t76-,77+,78+/m0/s1. The Morgan fingerprint density at radius 1 is 0.307 bits per heavy atom. The van der Waals surface area contributed by atoms with Crippen LogP contribution in [-0.2, 0) is 65.4 Å². The lowest BCUT2D eigenvalue weighted by molar-refractivity contribution is -0.161. The summed E-state index contributed by atoms with van der Waals surface area (Å²) >= 11 is 0. The van der Waals surface area contributed by atoms with Gasteiger partial charge >= 0.3 is 39.5 Å². The first-order valence-electron chi connectivity index (χ1n) is 41.8. The molecule has 0 heterocycles. The zero-order chi connectivity index (χ0) is 74.2. The molecular weight excluding hydrogens is 1320 g/mol. The Balaban J connectivity index is 5.22. The van der Waals surface area contributed by atoms with Crippen LogP contribution in [0.4, 0.5) is 0 Å². The van der Waals surface area contributed by atoms with Crippen molar-refractivity contribution < 1.29 is 80.2 Å². The van der Waals surface area contributed by atoms with E-state index in [2.05, 4.69) is 65.8 Å². The highest BCUT2D eigenvalue weighted by Gasteiger charge is 2.30. The van der Waals surface area contributed by atoms with E-state index >= 15 is 0 Å². The molecule has 0 spiro atoms. The van der Waals surface area contributed by atoms with E-state index in [4.69, 9.17) is 37.0 Å². The van der Waals surface area contributed by atoms with Crippen LogP contribution in [-0.4, -0.2) is 96.7 Å². The fourth-order valence-electron chi connectivity index (χ4n) is 12.2. The van der Waals surface area contributed by atoms with Crippen LogP contribution in [0.2, 0.25) is 0 Å². The van der Waals surface area contributed by atoms with Gasteiger partial charge in [0.2, 0.25) is 0 Å². The molecule has 0 aliphatic carbocycles. The molecule has 0 aliphatic rings. The average Bonchev–Trinajstić information content (AvgIpc) is 0.991. The van der Waals surface area contributed by atoms with Crippen molar-refractivity contribution in [3.63, 3.8) is 0 Å². The quantitative estimate of drug-likeness (QED) is 0.0169. The van der Waals surface area contributed by atoms with Crippen LogP contribution < -0.4 is 0 Å². The Hall–Kier alpha value is -2.46. The maximum absolute atomic E-state index is 13.1. The Bertz CT molecular complexity index is 2040. The molecule has 3 N–H and O–H groups in total. The van der Waals surface area contributed by atoms with Crippen molar-refractivity contribution in [3.8, 4) is 0 Å². The van der Waals surface area contributed by atoms with E-state index in [1.54, 1.807) is 0 Å². The smallest absolute Gasteiger partial charge is 0.462 e. The van der Waals surface area contributed by atoms with E-state index in [-0.39, 0.29) is 25.7 Å². The summed E-state index contributed by atoms with van der Waals surface area (Å²) in [4.78, 5) is 72.9. The fourth-order valence-corrected chi connectivity index (χ4v) is 13.8. The molecule has 0 aromatic rings. The molecule has 101 heavy (non-hydrogen) atoms. The lowest BCUT2D eigenvalue weighted by atomic mass is 10.0. The number of rotatable bonds is 79. The van der Waals surface area contributed by atoms with Crippen molar-refractivity contribution in [2.75, 3.05) is 39.6 Å². The molecular formula is C82H156O17P2. The molecule has 0 saturated heterocycles. The van der Waals surface area contributed by atoms with Gasteiger partial charge in [-0.15, -0.1) is 0 Å². The van der Waals surface area contributed by atoms with Gasteiger partial charge in [-0.3, -0.25) is 37.3 Å². The van der Waals surface area contributed by atoms with Crippen LogP contribution in [0.1, 0.15) is 408 Å². The maximum Gasteiger partial charge on any atom is 0.472 e. The number of allylic oxidation sites excluding steroid dienone is 4. The normalized spacial score (nSPS) is 14.0. The van der Waals surface area contributed by atoms with Gasteiger partial charge in [0.1, 0.15) is 19.3 Å². The maximum atomic E-state index is 13.1. The van der Waals surface area contributed by atoms with Crippen LogP contribution in [0, 0.1) is 11.8 Å². The van der Waals surface area contributed by atoms with E-state index < -0.39 is 97.5 Å². The Kier molecular flexibility index (Phi) is 71.3. The number of aliphatic hydroxyl groups excluding tert-OH is 1. The van der Waals surface area contributed by atoms with E-state index in [1.165, 1.54) is 205 Å². The monoisotopic (exact) mass is 1480 g/mol.